The van der Waals surface area contributed by atoms with Gasteiger partial charge in [0, 0.05) is 73.2 Å². The number of ether oxygens (including phenoxy) is 1. The minimum atomic E-state index is -0.382. The molecule has 0 fully saturated rings. The van der Waals surface area contributed by atoms with Gasteiger partial charge in [-0.05, 0) is 32.3 Å². The molecule has 1 atom stereocenters. The van der Waals surface area contributed by atoms with Gasteiger partial charge in [-0.2, -0.15) is 0 Å². The number of hydrogen-bond acceptors (Lipinski definition) is 5. The number of nitrogens with zero attached hydrogens (tertiary/aromatic N) is 3. The van der Waals surface area contributed by atoms with Crippen molar-refractivity contribution in [2.45, 2.75) is 12.6 Å². The van der Waals surface area contributed by atoms with Crippen LogP contribution in [0.2, 0.25) is 0 Å². The third kappa shape index (κ3) is 4.08. The van der Waals surface area contributed by atoms with Gasteiger partial charge in [0.05, 0.1) is 29.3 Å². The minimum Gasteiger partial charge on any atom is -0.378 e. The van der Waals surface area contributed by atoms with Crippen LogP contribution in [0.5, 0.6) is 0 Å². The van der Waals surface area contributed by atoms with Crippen LogP contribution in [0.3, 0.4) is 0 Å². The molecule has 0 bridgehead atoms. The van der Waals surface area contributed by atoms with Crippen molar-refractivity contribution < 1.29 is 14.3 Å². The van der Waals surface area contributed by atoms with Crippen molar-refractivity contribution in [2.75, 3.05) is 46.7 Å². The zero-order chi connectivity index (χ0) is 25.6. The molecule has 0 radical (unpaired) electrons. The summed E-state index contributed by atoms with van der Waals surface area (Å²) < 4.78 is 7.90. The number of aromatic amines is 1. The summed E-state index contributed by atoms with van der Waals surface area (Å²) in [6.45, 7) is 1.36. The van der Waals surface area contributed by atoms with Crippen molar-refractivity contribution in [3.63, 3.8) is 0 Å². The van der Waals surface area contributed by atoms with E-state index in [1.54, 1.807) is 13.3 Å². The number of rotatable bonds is 8. The Balaban J connectivity index is 1.74. The summed E-state index contributed by atoms with van der Waals surface area (Å²) in [6, 6.07) is 14.0. The molecule has 1 aliphatic rings. The van der Waals surface area contributed by atoms with Crippen LogP contribution in [0.15, 0.2) is 54.9 Å². The van der Waals surface area contributed by atoms with Crippen molar-refractivity contribution >= 4 is 50.5 Å². The van der Waals surface area contributed by atoms with Gasteiger partial charge >= 0.3 is 0 Å². The number of fused-ring (bicyclic) bond motifs is 2. The first kappa shape index (κ1) is 23.8. The smallest absolute Gasteiger partial charge is 0.259 e. The number of amides is 2. The van der Waals surface area contributed by atoms with Gasteiger partial charge in [0.2, 0.25) is 0 Å². The number of nitrogens with one attached hydrogen (secondary N) is 2. The molecular weight excluding hydrogens is 454 g/mol. The van der Waals surface area contributed by atoms with Crippen LogP contribution < -0.4 is 10.2 Å². The fourth-order valence-corrected chi connectivity index (χ4v) is 4.99. The first-order valence-electron chi connectivity index (χ1n) is 11.9. The number of hydrogen-bond donors (Lipinski definition) is 2. The van der Waals surface area contributed by atoms with Crippen LogP contribution >= 0.6 is 0 Å². The van der Waals surface area contributed by atoms with Crippen LogP contribution in [-0.2, 0) is 20.9 Å². The molecule has 0 aliphatic carbocycles. The number of benzene rings is 2. The lowest BCUT2D eigenvalue weighted by Gasteiger charge is -2.21. The molecule has 186 valence electrons. The van der Waals surface area contributed by atoms with Crippen LogP contribution in [0.4, 0.5) is 5.69 Å². The Bertz CT molecular complexity index is 1510. The fraction of sp³-hybridized carbons (Fsp3) is 0.286. The van der Waals surface area contributed by atoms with Gasteiger partial charge < -0.3 is 24.1 Å². The Hall–Kier alpha value is -3.88. The lowest BCUT2D eigenvalue weighted by atomic mass is 9.95. The van der Waals surface area contributed by atoms with Crippen molar-refractivity contribution in [2.24, 2.45) is 0 Å². The van der Waals surface area contributed by atoms with Crippen LogP contribution in [0.1, 0.15) is 11.1 Å². The number of anilines is 1. The van der Waals surface area contributed by atoms with E-state index < -0.39 is 0 Å². The molecule has 2 aromatic heterocycles. The number of H-pyrrole nitrogens is 1. The van der Waals surface area contributed by atoms with E-state index in [9.17, 15) is 9.59 Å². The molecular formula is C28H31N5O3. The quantitative estimate of drug-likeness (QED) is 0.374. The average Bonchev–Trinajstić information content (AvgIpc) is 3.50. The molecule has 1 unspecified atom stereocenters. The fourth-order valence-electron chi connectivity index (χ4n) is 4.99. The molecule has 2 aromatic carbocycles. The Labute approximate surface area is 210 Å². The number of carbonyl (C=O) groups is 2. The predicted octanol–water partition coefficient (Wildman–Crippen LogP) is 3.33. The first-order chi connectivity index (χ1) is 17.3. The third-order valence-corrected chi connectivity index (χ3v) is 6.74. The van der Waals surface area contributed by atoms with Crippen LogP contribution in [-0.4, -0.2) is 74.2 Å². The monoisotopic (exact) mass is 485 g/mol. The number of methoxy groups -OCH3 is 1. The molecule has 0 saturated carbocycles. The van der Waals surface area contributed by atoms with Gasteiger partial charge in [-0.15, -0.1) is 0 Å². The first-order valence-corrected chi connectivity index (χ1v) is 11.9. The second-order valence-electron chi connectivity index (χ2n) is 9.69. The SMILES string of the molecule is COC(CN(C)C)Cn1cc(C2=C(c3c[nH]c4ccccc34)C(=O)NC2=O)c2ccc(N(C)C)cc21. The lowest BCUT2D eigenvalue weighted by Crippen LogP contribution is -2.31. The van der Waals surface area contributed by atoms with Crippen LogP contribution in [0.25, 0.3) is 33.0 Å². The van der Waals surface area contributed by atoms with Crippen molar-refractivity contribution in [3.8, 4) is 0 Å². The summed E-state index contributed by atoms with van der Waals surface area (Å²) in [7, 11) is 9.75. The Morgan fingerprint density at radius 1 is 0.944 bits per heavy atom. The second-order valence-corrected chi connectivity index (χ2v) is 9.69. The molecule has 5 rings (SSSR count). The van der Waals surface area contributed by atoms with Crippen molar-refractivity contribution in [1.29, 1.82) is 0 Å². The maximum atomic E-state index is 13.2. The highest BCUT2D eigenvalue weighted by Crippen LogP contribution is 2.39. The van der Waals surface area contributed by atoms with Gasteiger partial charge in [-0.3, -0.25) is 14.9 Å². The van der Waals surface area contributed by atoms with Crippen LogP contribution in [0, 0.1) is 0 Å². The molecule has 2 amide bonds. The van der Waals surface area contributed by atoms with Gasteiger partial charge in [0.1, 0.15) is 0 Å². The lowest BCUT2D eigenvalue weighted by molar-refractivity contribution is -0.122. The topological polar surface area (TPSA) is 82.6 Å². The van der Waals surface area contributed by atoms with Gasteiger partial charge in [0.25, 0.3) is 11.8 Å². The molecule has 8 nitrogen and oxygen atoms in total. The summed E-state index contributed by atoms with van der Waals surface area (Å²) in [5, 5.41) is 4.35. The number of carbonyl (C=O) groups excluding carboxylic acids is 2. The van der Waals surface area contributed by atoms with E-state index in [0.29, 0.717) is 17.7 Å². The van der Waals surface area contributed by atoms with E-state index in [2.05, 4.69) is 25.8 Å². The Morgan fingerprint density at radius 3 is 2.36 bits per heavy atom. The number of para-hydroxylation sites is 1. The summed E-state index contributed by atoms with van der Waals surface area (Å²) >= 11 is 0. The zero-order valence-electron chi connectivity index (χ0n) is 21.3. The van der Waals surface area contributed by atoms with E-state index in [0.717, 1.165) is 45.2 Å². The van der Waals surface area contributed by atoms with Gasteiger partial charge in [-0.25, -0.2) is 0 Å². The van der Waals surface area contributed by atoms with Crippen molar-refractivity contribution in [1.82, 2.24) is 19.8 Å². The molecule has 36 heavy (non-hydrogen) atoms. The zero-order valence-corrected chi connectivity index (χ0v) is 21.3. The second kappa shape index (κ2) is 9.29. The normalized spacial score (nSPS) is 14.9. The third-order valence-electron chi connectivity index (χ3n) is 6.74. The summed E-state index contributed by atoms with van der Waals surface area (Å²) in [6.07, 6.45) is 3.74. The van der Waals surface area contributed by atoms with E-state index in [1.807, 2.05) is 75.7 Å². The molecule has 0 saturated heterocycles. The summed E-state index contributed by atoms with van der Waals surface area (Å²) in [5.74, 6) is -0.763. The van der Waals surface area contributed by atoms with Crippen molar-refractivity contribution in [3.05, 3.63) is 66.0 Å². The largest absolute Gasteiger partial charge is 0.378 e. The van der Waals surface area contributed by atoms with E-state index >= 15 is 0 Å². The van der Waals surface area contributed by atoms with Gasteiger partial charge in [0.15, 0.2) is 0 Å². The average molecular weight is 486 g/mol. The van der Waals surface area contributed by atoms with E-state index in [-0.39, 0.29) is 17.9 Å². The standard InChI is InChI=1S/C28H31N5O3/c1-31(2)14-18(36-5)15-33-16-22(20-11-10-17(32(3)4)12-24(20)33)26-25(27(34)30-28(26)35)21-13-29-23-9-7-6-8-19(21)23/h6-13,16,18,29H,14-15H2,1-5H3,(H,30,34,35). The number of likely N-dealkylation sites (N-methyl/N-ethyl adjacent to an activating group) is 1. The Morgan fingerprint density at radius 2 is 1.67 bits per heavy atom. The molecule has 1 aliphatic heterocycles. The Kier molecular flexibility index (Phi) is 6.15. The molecule has 4 aromatic rings. The highest BCUT2D eigenvalue weighted by molar-refractivity contribution is 6.50. The van der Waals surface area contributed by atoms with Gasteiger partial charge in [-0.1, -0.05) is 24.3 Å². The maximum Gasteiger partial charge on any atom is 0.259 e. The summed E-state index contributed by atoms with van der Waals surface area (Å²) in [4.78, 5) is 33.7. The number of imide groups is 1. The highest BCUT2D eigenvalue weighted by atomic mass is 16.5. The molecule has 8 heteroatoms. The molecule has 0 spiro atoms. The molecule has 2 N–H and O–H groups in total. The van der Waals surface area contributed by atoms with E-state index in [1.165, 1.54) is 0 Å². The number of aromatic nitrogens is 2. The molecule has 3 heterocycles. The maximum absolute atomic E-state index is 13.2. The minimum absolute atomic E-state index is 0.0485. The van der Waals surface area contributed by atoms with E-state index in [4.69, 9.17) is 4.74 Å². The predicted molar refractivity (Wildman–Crippen MR) is 144 cm³/mol. The highest BCUT2D eigenvalue weighted by Gasteiger charge is 2.35. The summed E-state index contributed by atoms with van der Waals surface area (Å²) in [5.41, 5.74) is 5.19.